The minimum Gasteiger partial charge on any atom is -0.441 e. The van der Waals surface area contributed by atoms with Crippen molar-refractivity contribution >= 4 is 17.2 Å². The average Bonchev–Trinajstić information content (AvgIpc) is 3.35. The monoisotopic (exact) mass is 384 g/mol. The summed E-state index contributed by atoms with van der Waals surface area (Å²) in [5.41, 5.74) is 2.07. The molecule has 6 heteroatoms. The van der Waals surface area contributed by atoms with Gasteiger partial charge in [-0.15, -0.1) is 11.3 Å². The maximum Gasteiger partial charge on any atom is 0.223 e. The van der Waals surface area contributed by atoms with Crippen LogP contribution in [0.15, 0.2) is 46.3 Å². The summed E-state index contributed by atoms with van der Waals surface area (Å²) in [6.45, 7) is 2.90. The third-order valence-electron chi connectivity index (χ3n) is 5.04. The van der Waals surface area contributed by atoms with E-state index in [0.29, 0.717) is 24.5 Å². The molecule has 0 fully saturated rings. The number of fused-ring (bicyclic) bond motifs is 1. The van der Waals surface area contributed by atoms with Gasteiger partial charge in [0.2, 0.25) is 5.91 Å². The fourth-order valence-electron chi connectivity index (χ4n) is 3.67. The van der Waals surface area contributed by atoms with E-state index in [1.807, 2.05) is 4.90 Å². The molecular weight excluding hydrogens is 363 g/mol. The topological polar surface area (TPSA) is 46.3 Å². The second kappa shape index (κ2) is 7.64. The van der Waals surface area contributed by atoms with Crippen molar-refractivity contribution in [1.82, 2.24) is 9.88 Å². The third-order valence-corrected chi connectivity index (χ3v) is 6.03. The molecule has 0 spiro atoms. The number of hydrogen-bond donors (Lipinski definition) is 0. The summed E-state index contributed by atoms with van der Waals surface area (Å²) >= 11 is 1.78. The standard InChI is InChI=1S/C21H21FN2O2S/c1-2-17-16-10-12-27-19(16)9-11-24(17)21(25)8-7-20-23-13-18(26-20)14-3-5-15(22)6-4-14/h3-6,10,12-13,17H,2,7-9,11H2,1H3. The summed E-state index contributed by atoms with van der Waals surface area (Å²) in [6.07, 6.45) is 4.31. The Balaban J connectivity index is 1.40. The van der Waals surface area contributed by atoms with Gasteiger partial charge in [-0.05, 0) is 54.1 Å². The molecule has 1 amide bonds. The van der Waals surface area contributed by atoms with Gasteiger partial charge in [0.25, 0.3) is 0 Å². The van der Waals surface area contributed by atoms with Gasteiger partial charge in [0.05, 0.1) is 12.2 Å². The summed E-state index contributed by atoms with van der Waals surface area (Å²) in [7, 11) is 0. The van der Waals surface area contributed by atoms with Gasteiger partial charge in [-0.3, -0.25) is 4.79 Å². The number of thiophene rings is 1. The second-order valence-electron chi connectivity index (χ2n) is 6.69. The van der Waals surface area contributed by atoms with E-state index >= 15 is 0 Å². The highest BCUT2D eigenvalue weighted by Gasteiger charge is 2.30. The number of rotatable bonds is 5. The largest absolute Gasteiger partial charge is 0.441 e. The molecule has 1 unspecified atom stereocenters. The first-order valence-corrected chi connectivity index (χ1v) is 10.1. The number of aromatic nitrogens is 1. The SMILES string of the molecule is CCC1c2ccsc2CCN1C(=O)CCc1ncc(-c2ccc(F)cc2)o1. The van der Waals surface area contributed by atoms with Crippen LogP contribution in [0.1, 0.15) is 42.1 Å². The summed E-state index contributed by atoms with van der Waals surface area (Å²) in [6, 6.07) is 8.41. The molecule has 140 valence electrons. The minimum absolute atomic E-state index is 0.139. The molecular formula is C21H21FN2O2S. The van der Waals surface area contributed by atoms with Gasteiger partial charge in [0.15, 0.2) is 11.7 Å². The molecule has 3 aromatic rings. The number of carbonyl (C=O) groups excluding carboxylic acids is 1. The molecule has 1 aromatic carbocycles. The van der Waals surface area contributed by atoms with Crippen molar-refractivity contribution < 1.29 is 13.6 Å². The smallest absolute Gasteiger partial charge is 0.223 e. The van der Waals surface area contributed by atoms with Crippen LogP contribution in [-0.2, 0) is 17.6 Å². The summed E-state index contributed by atoms with van der Waals surface area (Å²) in [5, 5.41) is 2.12. The molecule has 0 aliphatic carbocycles. The van der Waals surface area contributed by atoms with Gasteiger partial charge < -0.3 is 9.32 Å². The van der Waals surface area contributed by atoms with E-state index in [-0.39, 0.29) is 17.8 Å². The first-order chi connectivity index (χ1) is 13.2. The van der Waals surface area contributed by atoms with E-state index in [1.165, 1.54) is 22.6 Å². The second-order valence-corrected chi connectivity index (χ2v) is 7.69. The molecule has 27 heavy (non-hydrogen) atoms. The van der Waals surface area contributed by atoms with E-state index in [9.17, 15) is 9.18 Å². The average molecular weight is 384 g/mol. The van der Waals surface area contributed by atoms with Crippen molar-refractivity contribution in [3.05, 3.63) is 64.1 Å². The normalized spacial score (nSPS) is 16.4. The quantitative estimate of drug-likeness (QED) is 0.621. The maximum atomic E-state index is 13.0. The third kappa shape index (κ3) is 3.67. The van der Waals surface area contributed by atoms with E-state index in [1.54, 1.807) is 29.7 Å². The number of nitrogens with zero attached hydrogens (tertiary/aromatic N) is 2. The van der Waals surface area contributed by atoms with Crippen molar-refractivity contribution in [3.8, 4) is 11.3 Å². The number of aryl methyl sites for hydroxylation is 1. The molecule has 0 saturated carbocycles. The predicted octanol–water partition coefficient (Wildman–Crippen LogP) is 5.01. The first kappa shape index (κ1) is 17.9. The van der Waals surface area contributed by atoms with Gasteiger partial charge in [-0.25, -0.2) is 9.37 Å². The molecule has 3 heterocycles. The highest BCUT2D eigenvalue weighted by molar-refractivity contribution is 7.10. The number of carbonyl (C=O) groups is 1. The molecule has 0 bridgehead atoms. The van der Waals surface area contributed by atoms with Crippen molar-refractivity contribution in [3.63, 3.8) is 0 Å². The van der Waals surface area contributed by atoms with Crippen molar-refractivity contribution in [2.45, 2.75) is 38.6 Å². The lowest BCUT2D eigenvalue weighted by atomic mass is 9.97. The Morgan fingerprint density at radius 1 is 1.33 bits per heavy atom. The molecule has 2 aromatic heterocycles. The van der Waals surface area contributed by atoms with Gasteiger partial charge in [0.1, 0.15) is 5.82 Å². The molecule has 1 atom stereocenters. The zero-order valence-electron chi connectivity index (χ0n) is 15.2. The Morgan fingerprint density at radius 3 is 2.93 bits per heavy atom. The first-order valence-electron chi connectivity index (χ1n) is 9.22. The van der Waals surface area contributed by atoms with E-state index < -0.39 is 0 Å². The highest BCUT2D eigenvalue weighted by atomic mass is 32.1. The number of oxazole rings is 1. The number of halogens is 1. The van der Waals surface area contributed by atoms with Crippen molar-refractivity contribution in [2.24, 2.45) is 0 Å². The molecule has 1 aliphatic heterocycles. The van der Waals surface area contributed by atoms with Crippen LogP contribution in [0.5, 0.6) is 0 Å². The summed E-state index contributed by atoms with van der Waals surface area (Å²) in [5.74, 6) is 0.971. The van der Waals surface area contributed by atoms with Crippen LogP contribution in [0.4, 0.5) is 4.39 Å². The molecule has 1 aliphatic rings. The fraction of sp³-hybridized carbons (Fsp3) is 0.333. The zero-order chi connectivity index (χ0) is 18.8. The number of hydrogen-bond acceptors (Lipinski definition) is 4. The molecule has 0 radical (unpaired) electrons. The lowest BCUT2D eigenvalue weighted by Crippen LogP contribution is -2.39. The molecule has 0 saturated heterocycles. The predicted molar refractivity (Wildman–Crippen MR) is 103 cm³/mol. The van der Waals surface area contributed by atoms with Crippen LogP contribution < -0.4 is 0 Å². The van der Waals surface area contributed by atoms with E-state index in [2.05, 4.69) is 23.4 Å². The Hall–Kier alpha value is -2.47. The van der Waals surface area contributed by atoms with Crippen LogP contribution >= 0.6 is 11.3 Å². The van der Waals surface area contributed by atoms with Gasteiger partial charge in [-0.2, -0.15) is 0 Å². The number of benzene rings is 1. The van der Waals surface area contributed by atoms with Gasteiger partial charge in [-0.1, -0.05) is 6.92 Å². The van der Waals surface area contributed by atoms with Crippen LogP contribution in [0.3, 0.4) is 0 Å². The molecule has 4 rings (SSSR count). The fourth-order valence-corrected chi connectivity index (χ4v) is 4.59. The van der Waals surface area contributed by atoms with Crippen LogP contribution in [0.25, 0.3) is 11.3 Å². The van der Waals surface area contributed by atoms with Crippen LogP contribution in [0, 0.1) is 5.82 Å². The van der Waals surface area contributed by atoms with Crippen LogP contribution in [-0.4, -0.2) is 22.3 Å². The molecule has 4 nitrogen and oxygen atoms in total. The van der Waals surface area contributed by atoms with E-state index in [4.69, 9.17) is 4.42 Å². The highest BCUT2D eigenvalue weighted by Crippen LogP contribution is 2.35. The van der Waals surface area contributed by atoms with Gasteiger partial charge >= 0.3 is 0 Å². The Morgan fingerprint density at radius 2 is 2.15 bits per heavy atom. The zero-order valence-corrected chi connectivity index (χ0v) is 16.0. The van der Waals surface area contributed by atoms with Crippen molar-refractivity contribution in [1.29, 1.82) is 0 Å². The number of amides is 1. The van der Waals surface area contributed by atoms with Crippen molar-refractivity contribution in [2.75, 3.05) is 6.54 Å². The molecule has 0 N–H and O–H groups in total. The van der Waals surface area contributed by atoms with Crippen LogP contribution in [0.2, 0.25) is 0 Å². The minimum atomic E-state index is -0.287. The Labute approximate surface area is 161 Å². The summed E-state index contributed by atoms with van der Waals surface area (Å²) in [4.78, 5) is 20.5. The van der Waals surface area contributed by atoms with Gasteiger partial charge in [0, 0.05) is 29.8 Å². The Bertz CT molecular complexity index is 932. The maximum absolute atomic E-state index is 13.0. The Kier molecular flexibility index (Phi) is 5.07. The van der Waals surface area contributed by atoms with E-state index in [0.717, 1.165) is 24.9 Å². The summed E-state index contributed by atoms with van der Waals surface area (Å²) < 4.78 is 18.8. The lowest BCUT2D eigenvalue weighted by molar-refractivity contribution is -0.134. The lowest BCUT2D eigenvalue weighted by Gasteiger charge is -2.35.